The highest BCUT2D eigenvalue weighted by molar-refractivity contribution is 6.31. The molecule has 1 aliphatic heterocycles. The zero-order valence-corrected chi connectivity index (χ0v) is 13.6. The summed E-state index contributed by atoms with van der Waals surface area (Å²) in [6, 6.07) is 8.64. The molecular weight excluding hydrogens is 284 g/mol. The lowest BCUT2D eigenvalue weighted by atomic mass is 10.0. The minimum absolute atomic E-state index is 0.265. The van der Waals surface area contributed by atoms with Crippen molar-refractivity contribution in [3.63, 3.8) is 0 Å². The number of nitrogens with zero attached hydrogens (tertiary/aromatic N) is 1. The largest absolute Gasteiger partial charge is 0.395 e. The van der Waals surface area contributed by atoms with Crippen LogP contribution in [-0.2, 0) is 0 Å². The highest BCUT2D eigenvalue weighted by Crippen LogP contribution is 2.26. The SMILES string of the molecule is CNC(CCN1CCCCCC1CO)c1ccccc1Cl. The van der Waals surface area contributed by atoms with E-state index in [2.05, 4.69) is 16.3 Å². The maximum Gasteiger partial charge on any atom is 0.0586 e. The van der Waals surface area contributed by atoms with Gasteiger partial charge in [-0.1, -0.05) is 42.6 Å². The molecule has 1 aliphatic rings. The van der Waals surface area contributed by atoms with Crippen LogP contribution in [0.5, 0.6) is 0 Å². The molecule has 0 spiro atoms. The van der Waals surface area contributed by atoms with Gasteiger partial charge in [-0.15, -0.1) is 0 Å². The average molecular weight is 311 g/mol. The van der Waals surface area contributed by atoms with E-state index >= 15 is 0 Å². The molecular formula is C17H27ClN2O. The van der Waals surface area contributed by atoms with Crippen LogP contribution in [0.2, 0.25) is 5.02 Å². The van der Waals surface area contributed by atoms with Crippen LogP contribution in [0.3, 0.4) is 0 Å². The maximum atomic E-state index is 9.59. The third kappa shape index (κ3) is 4.68. The van der Waals surface area contributed by atoms with Crippen molar-refractivity contribution < 1.29 is 5.11 Å². The molecule has 1 fully saturated rings. The summed E-state index contributed by atoms with van der Waals surface area (Å²) in [5.41, 5.74) is 1.16. The van der Waals surface area contributed by atoms with E-state index in [4.69, 9.17) is 11.6 Å². The Hall–Kier alpha value is -0.610. The van der Waals surface area contributed by atoms with Crippen LogP contribution < -0.4 is 5.32 Å². The van der Waals surface area contributed by atoms with Crippen LogP contribution in [0.1, 0.15) is 43.7 Å². The first-order valence-corrected chi connectivity index (χ1v) is 8.40. The van der Waals surface area contributed by atoms with E-state index in [1.165, 1.54) is 19.3 Å². The summed E-state index contributed by atoms with van der Waals surface area (Å²) >= 11 is 6.31. The summed E-state index contributed by atoms with van der Waals surface area (Å²) in [6.45, 7) is 2.38. The summed E-state index contributed by atoms with van der Waals surface area (Å²) in [7, 11) is 1.99. The van der Waals surface area contributed by atoms with Gasteiger partial charge in [0, 0.05) is 23.7 Å². The van der Waals surface area contributed by atoms with Crippen LogP contribution in [0, 0.1) is 0 Å². The van der Waals surface area contributed by atoms with Gasteiger partial charge in [0.05, 0.1) is 6.61 Å². The Balaban J connectivity index is 1.97. The minimum atomic E-state index is 0.265. The van der Waals surface area contributed by atoms with Crippen LogP contribution in [0.15, 0.2) is 24.3 Å². The number of aliphatic hydroxyl groups excluding tert-OH is 1. The lowest BCUT2D eigenvalue weighted by Crippen LogP contribution is -2.39. The van der Waals surface area contributed by atoms with E-state index in [-0.39, 0.29) is 12.6 Å². The third-order valence-electron chi connectivity index (χ3n) is 4.54. The van der Waals surface area contributed by atoms with Gasteiger partial charge in [0.1, 0.15) is 0 Å². The summed E-state index contributed by atoms with van der Waals surface area (Å²) < 4.78 is 0. The average Bonchev–Trinajstić information content (AvgIpc) is 2.74. The fourth-order valence-corrected chi connectivity index (χ4v) is 3.51. The fraction of sp³-hybridized carbons (Fsp3) is 0.647. The van der Waals surface area contributed by atoms with Gasteiger partial charge in [0.25, 0.3) is 0 Å². The summed E-state index contributed by atoms with van der Waals surface area (Å²) in [6.07, 6.45) is 5.89. The fourth-order valence-electron chi connectivity index (χ4n) is 3.25. The molecule has 1 aromatic carbocycles. The zero-order valence-electron chi connectivity index (χ0n) is 12.9. The van der Waals surface area contributed by atoms with Crippen molar-refractivity contribution in [1.82, 2.24) is 10.2 Å². The van der Waals surface area contributed by atoms with Crippen molar-refractivity contribution >= 4 is 11.6 Å². The summed E-state index contributed by atoms with van der Waals surface area (Å²) in [5.74, 6) is 0. The van der Waals surface area contributed by atoms with E-state index in [0.717, 1.165) is 36.5 Å². The van der Waals surface area contributed by atoms with E-state index in [1.54, 1.807) is 0 Å². The molecule has 2 atom stereocenters. The lowest BCUT2D eigenvalue weighted by molar-refractivity contribution is 0.120. The molecule has 1 heterocycles. The monoisotopic (exact) mass is 310 g/mol. The van der Waals surface area contributed by atoms with E-state index in [9.17, 15) is 5.11 Å². The normalized spacial score (nSPS) is 22.0. The minimum Gasteiger partial charge on any atom is -0.395 e. The standard InChI is InChI=1S/C17H27ClN2O/c1-19-17(15-8-4-5-9-16(15)18)10-12-20-11-6-2-3-7-14(20)13-21/h4-5,8-9,14,17,19,21H,2-3,6-7,10-13H2,1H3. The Labute approximate surface area is 133 Å². The van der Waals surface area contributed by atoms with Crippen LogP contribution in [0.4, 0.5) is 0 Å². The molecule has 1 saturated heterocycles. The second-order valence-electron chi connectivity index (χ2n) is 5.87. The van der Waals surface area contributed by atoms with Crippen molar-refractivity contribution in [2.45, 2.75) is 44.2 Å². The Morgan fingerprint density at radius 3 is 2.86 bits per heavy atom. The third-order valence-corrected chi connectivity index (χ3v) is 4.89. The number of hydrogen-bond acceptors (Lipinski definition) is 3. The molecule has 1 aromatic rings. The summed E-state index contributed by atoms with van der Waals surface area (Å²) in [5, 5.41) is 13.8. The molecule has 0 amide bonds. The molecule has 0 aromatic heterocycles. The molecule has 0 aliphatic carbocycles. The predicted molar refractivity (Wildman–Crippen MR) is 88.8 cm³/mol. The first-order chi connectivity index (χ1) is 10.3. The topological polar surface area (TPSA) is 35.5 Å². The van der Waals surface area contributed by atoms with Crippen molar-refractivity contribution in [3.05, 3.63) is 34.9 Å². The molecule has 0 bridgehead atoms. The molecule has 2 unspecified atom stereocenters. The second-order valence-corrected chi connectivity index (χ2v) is 6.28. The number of likely N-dealkylation sites (tertiary alicyclic amines) is 1. The van der Waals surface area contributed by atoms with Gasteiger partial charge in [-0.05, 0) is 44.5 Å². The predicted octanol–water partition coefficient (Wildman–Crippen LogP) is 3.23. The molecule has 0 saturated carbocycles. The van der Waals surface area contributed by atoms with Gasteiger partial charge in [-0.3, -0.25) is 4.90 Å². The number of nitrogens with one attached hydrogen (secondary N) is 1. The van der Waals surface area contributed by atoms with Gasteiger partial charge >= 0.3 is 0 Å². The molecule has 4 heteroatoms. The number of halogens is 1. The molecule has 2 rings (SSSR count). The first-order valence-electron chi connectivity index (χ1n) is 8.03. The van der Waals surface area contributed by atoms with Crippen LogP contribution in [0.25, 0.3) is 0 Å². The zero-order chi connectivity index (χ0) is 15.1. The Morgan fingerprint density at radius 1 is 1.33 bits per heavy atom. The summed E-state index contributed by atoms with van der Waals surface area (Å²) in [4.78, 5) is 2.45. The molecule has 0 radical (unpaired) electrons. The van der Waals surface area contributed by atoms with Crippen molar-refractivity contribution in [2.75, 3.05) is 26.7 Å². The molecule has 21 heavy (non-hydrogen) atoms. The van der Waals surface area contributed by atoms with Gasteiger partial charge in [0.2, 0.25) is 0 Å². The van der Waals surface area contributed by atoms with Gasteiger partial charge in [0.15, 0.2) is 0 Å². The molecule has 118 valence electrons. The van der Waals surface area contributed by atoms with E-state index in [0.29, 0.717) is 6.04 Å². The molecule has 2 N–H and O–H groups in total. The first kappa shape index (κ1) is 16.8. The number of benzene rings is 1. The van der Waals surface area contributed by atoms with Crippen molar-refractivity contribution in [3.8, 4) is 0 Å². The number of aliphatic hydroxyl groups is 1. The Kier molecular flexibility index (Phi) is 6.97. The van der Waals surface area contributed by atoms with E-state index in [1.807, 2.05) is 25.2 Å². The van der Waals surface area contributed by atoms with Gasteiger partial charge in [-0.2, -0.15) is 0 Å². The maximum absolute atomic E-state index is 9.59. The highest BCUT2D eigenvalue weighted by atomic mass is 35.5. The van der Waals surface area contributed by atoms with Crippen LogP contribution in [-0.4, -0.2) is 42.8 Å². The van der Waals surface area contributed by atoms with Crippen molar-refractivity contribution in [1.29, 1.82) is 0 Å². The van der Waals surface area contributed by atoms with Gasteiger partial charge < -0.3 is 10.4 Å². The second kappa shape index (κ2) is 8.74. The number of rotatable bonds is 6. The Morgan fingerprint density at radius 2 is 2.14 bits per heavy atom. The van der Waals surface area contributed by atoms with Gasteiger partial charge in [-0.25, -0.2) is 0 Å². The highest BCUT2D eigenvalue weighted by Gasteiger charge is 2.21. The number of hydrogen-bond donors (Lipinski definition) is 2. The van der Waals surface area contributed by atoms with E-state index < -0.39 is 0 Å². The quantitative estimate of drug-likeness (QED) is 0.847. The molecule has 3 nitrogen and oxygen atoms in total. The smallest absolute Gasteiger partial charge is 0.0586 e. The Bertz CT molecular complexity index is 427. The van der Waals surface area contributed by atoms with Crippen molar-refractivity contribution in [2.24, 2.45) is 0 Å². The van der Waals surface area contributed by atoms with Crippen LogP contribution >= 0.6 is 11.6 Å². The lowest BCUT2D eigenvalue weighted by Gasteiger charge is -2.30.